The molecule has 31 heavy (non-hydrogen) atoms. The van der Waals surface area contributed by atoms with Gasteiger partial charge in [-0.05, 0) is 83.2 Å². The van der Waals surface area contributed by atoms with Crippen LogP contribution in [0, 0.1) is 13.8 Å². The highest BCUT2D eigenvalue weighted by Crippen LogP contribution is 2.32. The van der Waals surface area contributed by atoms with Gasteiger partial charge in [-0.2, -0.15) is 0 Å². The first-order valence-electron chi connectivity index (χ1n) is 11.2. The summed E-state index contributed by atoms with van der Waals surface area (Å²) < 4.78 is 0. The number of aryl methyl sites for hydroxylation is 2. The molecule has 0 atom stereocenters. The molecule has 3 aromatic carbocycles. The molecular weight excluding hydrogens is 380 g/mol. The van der Waals surface area contributed by atoms with E-state index in [9.17, 15) is 5.11 Å². The molecule has 0 saturated carbocycles. The number of benzene rings is 3. The molecule has 0 aliphatic carbocycles. The molecule has 164 valence electrons. The minimum Gasteiger partial charge on any atom is -0.508 e. The number of anilines is 2. The summed E-state index contributed by atoms with van der Waals surface area (Å²) in [7, 11) is 0. The van der Waals surface area contributed by atoms with E-state index in [0.717, 1.165) is 29.8 Å². The Hall–Kier alpha value is -2.94. The van der Waals surface area contributed by atoms with Crippen molar-refractivity contribution in [3.63, 3.8) is 0 Å². The standard InChI is InChI=1S/C28H36N2O/c1-17(2)25-14-22(11-19(5)27(25)29)13-23-12-20(6)28(26(15-23)18(3)4)30-16-21-7-9-24(31)10-8-21/h7-12,14-15,17-18,30-31H,13,16,29H2,1-6H3. The van der Waals surface area contributed by atoms with E-state index in [1.165, 1.54) is 33.5 Å². The first-order chi connectivity index (χ1) is 14.7. The van der Waals surface area contributed by atoms with Crippen molar-refractivity contribution >= 4 is 11.4 Å². The van der Waals surface area contributed by atoms with Crippen molar-refractivity contribution in [1.29, 1.82) is 0 Å². The quantitative estimate of drug-likeness (QED) is 0.362. The van der Waals surface area contributed by atoms with Crippen molar-refractivity contribution in [1.82, 2.24) is 0 Å². The summed E-state index contributed by atoms with van der Waals surface area (Å²) >= 11 is 0. The van der Waals surface area contributed by atoms with Crippen LogP contribution in [0.15, 0.2) is 48.5 Å². The Labute approximate surface area is 187 Å². The van der Waals surface area contributed by atoms with Gasteiger partial charge >= 0.3 is 0 Å². The maximum absolute atomic E-state index is 9.51. The summed E-state index contributed by atoms with van der Waals surface area (Å²) in [4.78, 5) is 0. The fourth-order valence-electron chi connectivity index (χ4n) is 4.21. The van der Waals surface area contributed by atoms with Crippen LogP contribution in [0.1, 0.15) is 78.5 Å². The lowest BCUT2D eigenvalue weighted by Crippen LogP contribution is -2.07. The summed E-state index contributed by atoms with van der Waals surface area (Å²) in [6.45, 7) is 13.9. The van der Waals surface area contributed by atoms with Crippen LogP contribution in [-0.2, 0) is 13.0 Å². The van der Waals surface area contributed by atoms with E-state index in [1.807, 2.05) is 12.1 Å². The predicted octanol–water partition coefficient (Wildman–Crippen LogP) is 7.04. The third-order valence-corrected chi connectivity index (χ3v) is 5.96. The number of hydrogen-bond donors (Lipinski definition) is 3. The van der Waals surface area contributed by atoms with E-state index in [2.05, 4.69) is 71.1 Å². The number of phenols is 1. The fourth-order valence-corrected chi connectivity index (χ4v) is 4.21. The smallest absolute Gasteiger partial charge is 0.115 e. The second kappa shape index (κ2) is 9.47. The van der Waals surface area contributed by atoms with Gasteiger partial charge in [-0.25, -0.2) is 0 Å². The average molecular weight is 417 g/mol. The molecule has 0 bridgehead atoms. The van der Waals surface area contributed by atoms with E-state index < -0.39 is 0 Å². The van der Waals surface area contributed by atoms with E-state index in [1.54, 1.807) is 12.1 Å². The van der Waals surface area contributed by atoms with Crippen molar-refractivity contribution in [3.05, 3.63) is 87.5 Å². The Bertz CT molecular complexity index is 1050. The largest absolute Gasteiger partial charge is 0.508 e. The second-order valence-corrected chi connectivity index (χ2v) is 9.30. The molecule has 3 nitrogen and oxygen atoms in total. The summed E-state index contributed by atoms with van der Waals surface area (Å²) in [5, 5.41) is 13.1. The number of rotatable bonds is 7. The zero-order chi connectivity index (χ0) is 22.7. The number of hydrogen-bond acceptors (Lipinski definition) is 3. The van der Waals surface area contributed by atoms with Crippen LogP contribution in [0.3, 0.4) is 0 Å². The molecule has 0 spiro atoms. The highest BCUT2D eigenvalue weighted by atomic mass is 16.3. The molecule has 0 heterocycles. The predicted molar refractivity (Wildman–Crippen MR) is 133 cm³/mol. The molecule has 0 aliphatic heterocycles. The molecule has 0 saturated heterocycles. The SMILES string of the molecule is Cc1cc(Cc2cc(C)c(NCc3ccc(O)cc3)c(C(C)C)c2)cc(C(C)C)c1N. The van der Waals surface area contributed by atoms with Crippen LogP contribution in [-0.4, -0.2) is 5.11 Å². The topological polar surface area (TPSA) is 58.3 Å². The lowest BCUT2D eigenvalue weighted by molar-refractivity contribution is 0.475. The van der Waals surface area contributed by atoms with Gasteiger partial charge in [0, 0.05) is 17.9 Å². The maximum Gasteiger partial charge on any atom is 0.115 e. The van der Waals surface area contributed by atoms with E-state index >= 15 is 0 Å². The summed E-state index contributed by atoms with van der Waals surface area (Å²) in [6, 6.07) is 16.5. The lowest BCUT2D eigenvalue weighted by Gasteiger charge is -2.20. The maximum atomic E-state index is 9.51. The average Bonchev–Trinajstić information content (AvgIpc) is 2.70. The van der Waals surface area contributed by atoms with Gasteiger partial charge in [0.1, 0.15) is 5.75 Å². The van der Waals surface area contributed by atoms with Crippen LogP contribution in [0.4, 0.5) is 11.4 Å². The summed E-state index contributed by atoms with van der Waals surface area (Å²) in [5.74, 6) is 1.13. The zero-order valence-electron chi connectivity index (χ0n) is 19.7. The Morgan fingerprint density at radius 3 is 1.90 bits per heavy atom. The highest BCUT2D eigenvalue weighted by molar-refractivity contribution is 5.61. The molecule has 3 rings (SSSR count). The van der Waals surface area contributed by atoms with E-state index in [-0.39, 0.29) is 0 Å². The van der Waals surface area contributed by atoms with Gasteiger partial charge < -0.3 is 16.2 Å². The molecule has 3 aromatic rings. The number of aromatic hydroxyl groups is 1. The first kappa shape index (κ1) is 22.7. The monoisotopic (exact) mass is 416 g/mol. The van der Waals surface area contributed by atoms with Crippen LogP contribution < -0.4 is 11.1 Å². The van der Waals surface area contributed by atoms with Gasteiger partial charge in [-0.1, -0.05) is 64.1 Å². The van der Waals surface area contributed by atoms with Crippen LogP contribution in [0.25, 0.3) is 0 Å². The highest BCUT2D eigenvalue weighted by Gasteiger charge is 2.14. The molecule has 0 amide bonds. The molecule has 3 heteroatoms. The molecule has 0 radical (unpaired) electrons. The molecular formula is C28H36N2O. The van der Waals surface area contributed by atoms with Gasteiger partial charge in [0.25, 0.3) is 0 Å². The molecule has 0 fully saturated rings. The Balaban J connectivity index is 1.89. The molecule has 0 aromatic heterocycles. The third-order valence-electron chi connectivity index (χ3n) is 5.96. The third kappa shape index (κ3) is 5.41. The second-order valence-electron chi connectivity index (χ2n) is 9.30. The van der Waals surface area contributed by atoms with E-state index in [0.29, 0.717) is 17.6 Å². The van der Waals surface area contributed by atoms with Crippen LogP contribution >= 0.6 is 0 Å². The van der Waals surface area contributed by atoms with Gasteiger partial charge in [0.2, 0.25) is 0 Å². The normalized spacial score (nSPS) is 11.4. The van der Waals surface area contributed by atoms with Crippen molar-refractivity contribution in [3.8, 4) is 5.75 Å². The summed E-state index contributed by atoms with van der Waals surface area (Å²) in [5.41, 5.74) is 17.2. The summed E-state index contributed by atoms with van der Waals surface area (Å²) in [6.07, 6.45) is 0.902. The van der Waals surface area contributed by atoms with Crippen LogP contribution in [0.5, 0.6) is 5.75 Å². The van der Waals surface area contributed by atoms with Crippen molar-refractivity contribution < 1.29 is 5.11 Å². The lowest BCUT2D eigenvalue weighted by atomic mass is 9.90. The van der Waals surface area contributed by atoms with Crippen molar-refractivity contribution in [2.24, 2.45) is 0 Å². The number of nitrogen functional groups attached to an aromatic ring is 1. The van der Waals surface area contributed by atoms with Gasteiger partial charge in [0.05, 0.1) is 0 Å². The number of phenolic OH excluding ortho intramolecular Hbond substituents is 1. The van der Waals surface area contributed by atoms with Crippen molar-refractivity contribution in [2.45, 2.75) is 66.3 Å². The molecule has 4 N–H and O–H groups in total. The number of nitrogens with two attached hydrogens (primary N) is 1. The van der Waals surface area contributed by atoms with Gasteiger partial charge in [-0.15, -0.1) is 0 Å². The minimum absolute atomic E-state index is 0.297. The van der Waals surface area contributed by atoms with Crippen LogP contribution in [0.2, 0.25) is 0 Å². The number of nitrogens with one attached hydrogen (secondary N) is 1. The first-order valence-corrected chi connectivity index (χ1v) is 11.2. The Morgan fingerprint density at radius 1 is 0.774 bits per heavy atom. The minimum atomic E-state index is 0.297. The molecule has 0 unspecified atom stereocenters. The fraction of sp³-hybridized carbons (Fsp3) is 0.357. The zero-order valence-corrected chi connectivity index (χ0v) is 19.7. The molecule has 0 aliphatic rings. The van der Waals surface area contributed by atoms with Gasteiger partial charge in [0.15, 0.2) is 0 Å². The van der Waals surface area contributed by atoms with E-state index in [4.69, 9.17) is 5.73 Å². The Morgan fingerprint density at radius 2 is 1.32 bits per heavy atom. The van der Waals surface area contributed by atoms with Crippen molar-refractivity contribution in [2.75, 3.05) is 11.1 Å². The van der Waals surface area contributed by atoms with Gasteiger partial charge in [-0.3, -0.25) is 0 Å². The Kier molecular flexibility index (Phi) is 6.94.